The summed E-state index contributed by atoms with van der Waals surface area (Å²) in [4.78, 5) is 12.2. The fourth-order valence-electron chi connectivity index (χ4n) is 1.72. The fraction of sp³-hybridized carbons (Fsp3) is 0. The molecule has 3 aromatic heterocycles. The topological polar surface area (TPSA) is 43.6 Å². The average Bonchev–Trinajstić information content (AvgIpc) is 2.84. The molecule has 90 valence electrons. The van der Waals surface area contributed by atoms with E-state index in [0.717, 1.165) is 0 Å². The van der Waals surface area contributed by atoms with Crippen LogP contribution in [0.2, 0.25) is 5.02 Å². The molecule has 3 aromatic rings. The standard InChI is InChI=1S/C11H6ClFN4S/c12-10-7-2-4-17(18-13)11(7)15-5-8(10)9-1-3-14-6-16-9/h1-6H. The summed E-state index contributed by atoms with van der Waals surface area (Å²) in [6.07, 6.45) is 6.24. The van der Waals surface area contributed by atoms with E-state index < -0.39 is 0 Å². The zero-order valence-electron chi connectivity index (χ0n) is 8.92. The van der Waals surface area contributed by atoms with Crippen LogP contribution in [-0.4, -0.2) is 18.9 Å². The lowest BCUT2D eigenvalue weighted by atomic mass is 10.2. The Morgan fingerprint density at radius 3 is 2.89 bits per heavy atom. The summed E-state index contributed by atoms with van der Waals surface area (Å²) in [5.41, 5.74) is 1.88. The third kappa shape index (κ3) is 1.74. The molecule has 0 saturated heterocycles. The van der Waals surface area contributed by atoms with Gasteiger partial charge in [-0.3, -0.25) is 0 Å². The minimum atomic E-state index is 0.0852. The number of hydrogen-bond donors (Lipinski definition) is 0. The molecule has 0 unspecified atom stereocenters. The van der Waals surface area contributed by atoms with Crippen LogP contribution < -0.4 is 0 Å². The lowest BCUT2D eigenvalue weighted by Crippen LogP contribution is -1.90. The first-order valence-electron chi connectivity index (χ1n) is 5.02. The lowest BCUT2D eigenvalue weighted by Gasteiger charge is -2.04. The van der Waals surface area contributed by atoms with Crippen molar-refractivity contribution in [3.63, 3.8) is 0 Å². The highest BCUT2D eigenvalue weighted by atomic mass is 35.5. The second kappa shape index (κ2) is 4.55. The fourth-order valence-corrected chi connectivity index (χ4v) is 2.33. The van der Waals surface area contributed by atoms with Crippen molar-refractivity contribution in [3.05, 3.63) is 42.1 Å². The van der Waals surface area contributed by atoms with E-state index in [1.165, 1.54) is 10.3 Å². The van der Waals surface area contributed by atoms with Crippen molar-refractivity contribution in [1.82, 2.24) is 18.9 Å². The minimum absolute atomic E-state index is 0.0852. The van der Waals surface area contributed by atoms with Gasteiger partial charge >= 0.3 is 0 Å². The molecule has 0 N–H and O–H groups in total. The van der Waals surface area contributed by atoms with Crippen molar-refractivity contribution < 1.29 is 3.89 Å². The van der Waals surface area contributed by atoms with Crippen LogP contribution in [0.1, 0.15) is 0 Å². The molecule has 3 heterocycles. The van der Waals surface area contributed by atoms with Crippen LogP contribution >= 0.6 is 23.9 Å². The van der Waals surface area contributed by atoms with Crippen LogP contribution in [0.25, 0.3) is 22.3 Å². The number of aromatic nitrogens is 4. The van der Waals surface area contributed by atoms with E-state index in [2.05, 4.69) is 15.0 Å². The monoisotopic (exact) mass is 280 g/mol. The summed E-state index contributed by atoms with van der Waals surface area (Å²) >= 11 is 6.39. The number of nitrogens with zero attached hydrogens (tertiary/aromatic N) is 4. The Morgan fingerprint density at radius 1 is 1.28 bits per heavy atom. The number of pyridine rings is 1. The number of fused-ring (bicyclic) bond motifs is 1. The quantitative estimate of drug-likeness (QED) is 0.720. The first kappa shape index (κ1) is 11.4. The van der Waals surface area contributed by atoms with Gasteiger partial charge < -0.3 is 0 Å². The molecule has 0 aromatic carbocycles. The number of halogens is 2. The van der Waals surface area contributed by atoms with Gasteiger partial charge in [0.05, 0.1) is 10.7 Å². The maximum atomic E-state index is 12.6. The van der Waals surface area contributed by atoms with Crippen LogP contribution in [0.4, 0.5) is 3.89 Å². The Morgan fingerprint density at radius 2 is 2.17 bits per heavy atom. The molecule has 0 atom stereocenters. The predicted octanol–water partition coefficient (Wildman–Crippen LogP) is 3.53. The first-order valence-corrected chi connectivity index (χ1v) is 6.07. The largest absolute Gasteiger partial charge is 0.247 e. The molecule has 0 saturated carbocycles. The van der Waals surface area contributed by atoms with Crippen molar-refractivity contribution in [2.45, 2.75) is 0 Å². The van der Waals surface area contributed by atoms with E-state index in [4.69, 9.17) is 11.6 Å². The van der Waals surface area contributed by atoms with E-state index in [1.807, 2.05) is 0 Å². The lowest BCUT2D eigenvalue weighted by molar-refractivity contribution is 0.919. The van der Waals surface area contributed by atoms with Gasteiger partial charge in [-0.15, -0.1) is 3.89 Å². The molecule has 0 fully saturated rings. The molecule has 0 spiro atoms. The van der Waals surface area contributed by atoms with Gasteiger partial charge in [-0.05, 0) is 12.1 Å². The summed E-state index contributed by atoms with van der Waals surface area (Å²) in [6, 6.07) is 3.47. The molecule has 0 aliphatic carbocycles. The second-order valence-corrected chi connectivity index (χ2v) is 4.44. The molecule has 0 amide bonds. The maximum Gasteiger partial charge on any atom is 0.171 e. The van der Waals surface area contributed by atoms with Crippen molar-refractivity contribution in [2.24, 2.45) is 0 Å². The van der Waals surface area contributed by atoms with Crippen LogP contribution in [0.15, 0.2) is 37.1 Å². The van der Waals surface area contributed by atoms with E-state index in [-0.39, 0.29) is 12.3 Å². The van der Waals surface area contributed by atoms with E-state index >= 15 is 0 Å². The third-order valence-corrected chi connectivity index (χ3v) is 3.40. The zero-order chi connectivity index (χ0) is 12.5. The molecular weight excluding hydrogens is 275 g/mol. The predicted molar refractivity (Wildman–Crippen MR) is 69.9 cm³/mol. The minimum Gasteiger partial charge on any atom is -0.247 e. The average molecular weight is 281 g/mol. The molecule has 4 nitrogen and oxygen atoms in total. The highest BCUT2D eigenvalue weighted by molar-refractivity contribution is 7.92. The van der Waals surface area contributed by atoms with E-state index in [1.54, 1.807) is 30.7 Å². The van der Waals surface area contributed by atoms with Crippen LogP contribution in [0.3, 0.4) is 0 Å². The summed E-state index contributed by atoms with van der Waals surface area (Å²) in [6.45, 7) is 0. The highest BCUT2D eigenvalue weighted by Crippen LogP contribution is 2.33. The van der Waals surface area contributed by atoms with Gasteiger partial charge in [-0.1, -0.05) is 11.6 Å². The SMILES string of the molecule is FSn1ccc2c(Cl)c(-c3ccncn3)cnc21. The van der Waals surface area contributed by atoms with Gasteiger partial charge in [0.1, 0.15) is 6.33 Å². The van der Waals surface area contributed by atoms with Gasteiger partial charge in [0.15, 0.2) is 18.0 Å². The molecule has 0 aliphatic rings. The second-order valence-electron chi connectivity index (χ2n) is 3.53. The summed E-state index contributed by atoms with van der Waals surface area (Å²) in [5, 5.41) is 1.20. The normalized spacial score (nSPS) is 11.0. The van der Waals surface area contributed by atoms with Crippen LogP contribution in [-0.2, 0) is 0 Å². The Bertz CT molecular complexity index is 701. The Balaban J connectivity index is 2.24. The third-order valence-electron chi connectivity index (χ3n) is 2.55. The van der Waals surface area contributed by atoms with E-state index in [9.17, 15) is 3.89 Å². The Hall–Kier alpha value is -1.66. The van der Waals surface area contributed by atoms with E-state index in [0.29, 0.717) is 27.3 Å². The van der Waals surface area contributed by atoms with Crippen molar-refractivity contribution >= 4 is 35.0 Å². The molecule has 0 aliphatic heterocycles. The summed E-state index contributed by atoms with van der Waals surface area (Å²) < 4.78 is 13.9. The molecule has 18 heavy (non-hydrogen) atoms. The molecule has 7 heteroatoms. The Kier molecular flexibility index (Phi) is 2.89. The van der Waals surface area contributed by atoms with Gasteiger partial charge in [0.2, 0.25) is 0 Å². The van der Waals surface area contributed by atoms with Crippen LogP contribution in [0.5, 0.6) is 0 Å². The van der Waals surface area contributed by atoms with Gasteiger partial charge in [-0.25, -0.2) is 18.9 Å². The number of hydrogen-bond acceptors (Lipinski definition) is 4. The Labute approximate surface area is 111 Å². The summed E-state index contributed by atoms with van der Waals surface area (Å²) in [5.74, 6) is 0. The van der Waals surface area contributed by atoms with Gasteiger partial charge in [0, 0.05) is 29.5 Å². The smallest absolute Gasteiger partial charge is 0.171 e. The molecular formula is C11H6ClFN4S. The van der Waals surface area contributed by atoms with Crippen molar-refractivity contribution in [2.75, 3.05) is 0 Å². The first-order chi connectivity index (χ1) is 8.81. The molecule has 0 bridgehead atoms. The van der Waals surface area contributed by atoms with Crippen molar-refractivity contribution in [3.8, 4) is 11.3 Å². The van der Waals surface area contributed by atoms with Crippen molar-refractivity contribution in [1.29, 1.82) is 0 Å². The highest BCUT2D eigenvalue weighted by Gasteiger charge is 2.12. The molecule has 3 rings (SSSR count). The maximum absolute atomic E-state index is 12.6. The molecule has 0 radical (unpaired) electrons. The van der Waals surface area contributed by atoms with Gasteiger partial charge in [-0.2, -0.15) is 0 Å². The van der Waals surface area contributed by atoms with Crippen LogP contribution in [0, 0.1) is 0 Å². The number of rotatable bonds is 2. The summed E-state index contributed by atoms with van der Waals surface area (Å²) in [7, 11) is 0. The zero-order valence-corrected chi connectivity index (χ0v) is 10.5. The van der Waals surface area contributed by atoms with Gasteiger partial charge in [0.25, 0.3) is 0 Å².